The molecule has 0 amide bonds. The van der Waals surface area contributed by atoms with E-state index in [4.69, 9.17) is 0 Å². The molecule has 0 aliphatic carbocycles. The van der Waals surface area contributed by atoms with Crippen LogP contribution in [0, 0.1) is 5.92 Å². The van der Waals surface area contributed by atoms with Gasteiger partial charge in [-0.25, -0.2) is 0 Å². The van der Waals surface area contributed by atoms with Crippen LogP contribution in [0.2, 0.25) is 0 Å². The maximum atomic E-state index is 4.40. The largest absolute Gasteiger partial charge is 0.356 e. The van der Waals surface area contributed by atoms with Crippen LogP contribution in [-0.2, 0) is 6.54 Å². The molecule has 0 aromatic heterocycles. The molecule has 1 aliphatic heterocycles. The summed E-state index contributed by atoms with van der Waals surface area (Å²) in [7, 11) is 4.06. The van der Waals surface area contributed by atoms with Gasteiger partial charge in [0.05, 0.1) is 0 Å². The van der Waals surface area contributed by atoms with E-state index in [0.29, 0.717) is 12.0 Å². The van der Waals surface area contributed by atoms with Crippen LogP contribution in [0.15, 0.2) is 35.3 Å². The molecule has 1 aromatic carbocycles. The molecule has 31 heavy (non-hydrogen) atoms. The Balaban J connectivity index is 0.00000480. The van der Waals surface area contributed by atoms with Crippen molar-refractivity contribution in [1.82, 2.24) is 25.3 Å². The Kier molecular flexibility index (Phi) is 14.4. The van der Waals surface area contributed by atoms with E-state index in [1.165, 1.54) is 38.3 Å². The van der Waals surface area contributed by atoms with Crippen LogP contribution in [0.5, 0.6) is 0 Å². The maximum Gasteiger partial charge on any atom is 0.190 e. The standard InChI is InChI=1S/C24H44N6.HI/c1-6-29-14-16-30(17-15-29)19-21(2)18-27-24(25-4)26-13-12-22(3)28(5)20-23-10-8-7-9-11-23;/h7-11,21-22H,6,12-20H2,1-5H3,(H2,25,26,27);1H. The van der Waals surface area contributed by atoms with Crippen molar-refractivity contribution < 1.29 is 0 Å². The summed E-state index contributed by atoms with van der Waals surface area (Å²) in [6, 6.07) is 11.2. The lowest BCUT2D eigenvalue weighted by Gasteiger charge is -2.35. The zero-order valence-electron chi connectivity index (χ0n) is 20.3. The molecule has 7 heteroatoms. The maximum absolute atomic E-state index is 4.40. The third-order valence-electron chi connectivity index (χ3n) is 6.21. The smallest absolute Gasteiger partial charge is 0.190 e. The first-order valence-electron chi connectivity index (χ1n) is 11.6. The lowest BCUT2D eigenvalue weighted by atomic mass is 10.1. The normalized spacial score (nSPS) is 17.8. The molecule has 1 fully saturated rings. The Morgan fingerprint density at radius 1 is 1.06 bits per heavy atom. The molecule has 1 aromatic rings. The number of nitrogens with zero attached hydrogens (tertiary/aromatic N) is 4. The minimum absolute atomic E-state index is 0. The highest BCUT2D eigenvalue weighted by atomic mass is 127. The number of hydrogen-bond acceptors (Lipinski definition) is 4. The van der Waals surface area contributed by atoms with Crippen molar-refractivity contribution in [3.8, 4) is 0 Å². The van der Waals surface area contributed by atoms with Crippen molar-refractivity contribution in [1.29, 1.82) is 0 Å². The van der Waals surface area contributed by atoms with E-state index in [9.17, 15) is 0 Å². The van der Waals surface area contributed by atoms with Crippen molar-refractivity contribution in [2.45, 2.75) is 39.8 Å². The van der Waals surface area contributed by atoms with Gasteiger partial charge < -0.3 is 20.4 Å². The van der Waals surface area contributed by atoms with Crippen LogP contribution in [-0.4, -0.2) is 93.2 Å². The Morgan fingerprint density at radius 2 is 1.71 bits per heavy atom. The lowest BCUT2D eigenvalue weighted by Crippen LogP contribution is -2.48. The molecular weight excluding hydrogens is 499 g/mol. The summed E-state index contributed by atoms with van der Waals surface area (Å²) in [5.41, 5.74) is 1.36. The van der Waals surface area contributed by atoms with Crippen LogP contribution < -0.4 is 10.6 Å². The van der Waals surface area contributed by atoms with Gasteiger partial charge in [-0.3, -0.25) is 9.89 Å². The van der Waals surface area contributed by atoms with E-state index in [2.05, 4.69) is 88.5 Å². The van der Waals surface area contributed by atoms with E-state index in [0.717, 1.165) is 38.6 Å². The molecule has 2 N–H and O–H groups in total. The number of nitrogens with one attached hydrogen (secondary N) is 2. The first-order chi connectivity index (χ1) is 14.5. The van der Waals surface area contributed by atoms with Gasteiger partial charge in [0, 0.05) is 65.4 Å². The van der Waals surface area contributed by atoms with Crippen molar-refractivity contribution in [3.63, 3.8) is 0 Å². The SMILES string of the molecule is CCN1CCN(CC(C)CNC(=NC)NCCC(C)N(C)Cc2ccccc2)CC1.I. The summed E-state index contributed by atoms with van der Waals surface area (Å²) in [4.78, 5) is 11.9. The molecule has 2 unspecified atom stereocenters. The molecule has 1 heterocycles. The quantitative estimate of drug-likeness (QED) is 0.255. The zero-order valence-corrected chi connectivity index (χ0v) is 22.6. The number of piperazine rings is 1. The molecule has 1 saturated heterocycles. The Morgan fingerprint density at radius 3 is 2.32 bits per heavy atom. The van der Waals surface area contributed by atoms with Gasteiger partial charge in [-0.2, -0.15) is 0 Å². The van der Waals surface area contributed by atoms with Crippen molar-refractivity contribution >= 4 is 29.9 Å². The topological polar surface area (TPSA) is 46.1 Å². The predicted octanol–water partition coefficient (Wildman–Crippen LogP) is 2.95. The van der Waals surface area contributed by atoms with E-state index in [1.807, 2.05) is 7.05 Å². The Bertz CT molecular complexity index is 603. The van der Waals surface area contributed by atoms with Crippen molar-refractivity contribution in [2.24, 2.45) is 10.9 Å². The van der Waals surface area contributed by atoms with Gasteiger partial charge in [0.25, 0.3) is 0 Å². The summed E-state index contributed by atoms with van der Waals surface area (Å²) < 4.78 is 0. The van der Waals surface area contributed by atoms with Crippen molar-refractivity contribution in [2.75, 3.05) is 66.5 Å². The molecule has 0 saturated carbocycles. The van der Waals surface area contributed by atoms with Gasteiger partial charge in [-0.1, -0.05) is 44.2 Å². The summed E-state index contributed by atoms with van der Waals surface area (Å²) in [6.07, 6.45) is 1.08. The van der Waals surface area contributed by atoms with Crippen LogP contribution >= 0.6 is 24.0 Å². The summed E-state index contributed by atoms with van der Waals surface area (Å²) in [5.74, 6) is 1.52. The van der Waals surface area contributed by atoms with Crippen LogP contribution in [0.3, 0.4) is 0 Å². The minimum Gasteiger partial charge on any atom is -0.356 e. The second kappa shape index (κ2) is 15.8. The number of rotatable bonds is 11. The monoisotopic (exact) mass is 544 g/mol. The van der Waals surface area contributed by atoms with Gasteiger partial charge >= 0.3 is 0 Å². The second-order valence-electron chi connectivity index (χ2n) is 8.76. The van der Waals surface area contributed by atoms with E-state index in [1.54, 1.807) is 0 Å². The third kappa shape index (κ3) is 11.0. The van der Waals surface area contributed by atoms with E-state index in [-0.39, 0.29) is 24.0 Å². The molecule has 2 rings (SSSR count). The highest BCUT2D eigenvalue weighted by molar-refractivity contribution is 14.0. The molecular formula is C24H45IN6. The van der Waals surface area contributed by atoms with Crippen LogP contribution in [0.1, 0.15) is 32.8 Å². The molecule has 6 nitrogen and oxygen atoms in total. The molecule has 0 bridgehead atoms. The summed E-state index contributed by atoms with van der Waals surface area (Å²) in [5, 5.41) is 6.99. The number of aliphatic imine (C=N–C) groups is 1. The Labute approximate surface area is 207 Å². The fourth-order valence-corrected chi connectivity index (χ4v) is 3.93. The predicted molar refractivity (Wildman–Crippen MR) is 144 cm³/mol. The number of hydrogen-bond donors (Lipinski definition) is 2. The number of likely N-dealkylation sites (N-methyl/N-ethyl adjacent to an activating group) is 1. The Hall–Kier alpha value is -0.900. The fraction of sp³-hybridized carbons (Fsp3) is 0.708. The van der Waals surface area contributed by atoms with Gasteiger partial charge in [0.1, 0.15) is 0 Å². The summed E-state index contributed by atoms with van der Waals surface area (Å²) >= 11 is 0. The van der Waals surface area contributed by atoms with E-state index >= 15 is 0 Å². The minimum atomic E-state index is 0. The fourth-order valence-electron chi connectivity index (χ4n) is 3.93. The highest BCUT2D eigenvalue weighted by Crippen LogP contribution is 2.08. The average Bonchev–Trinajstić information content (AvgIpc) is 2.77. The number of halogens is 1. The molecule has 0 spiro atoms. The first kappa shape index (κ1) is 28.1. The van der Waals surface area contributed by atoms with Crippen molar-refractivity contribution in [3.05, 3.63) is 35.9 Å². The average molecular weight is 545 g/mol. The van der Waals surface area contributed by atoms with Crippen LogP contribution in [0.4, 0.5) is 0 Å². The number of guanidine groups is 1. The van der Waals surface area contributed by atoms with E-state index < -0.39 is 0 Å². The number of benzene rings is 1. The molecule has 2 atom stereocenters. The third-order valence-corrected chi connectivity index (χ3v) is 6.21. The second-order valence-corrected chi connectivity index (χ2v) is 8.76. The van der Waals surface area contributed by atoms with Crippen LogP contribution in [0.25, 0.3) is 0 Å². The van der Waals surface area contributed by atoms with Gasteiger partial charge in [-0.05, 0) is 38.4 Å². The zero-order chi connectivity index (χ0) is 21.8. The summed E-state index contributed by atoms with van der Waals surface area (Å²) in [6.45, 7) is 16.9. The van der Waals surface area contributed by atoms with Gasteiger partial charge in [0.2, 0.25) is 0 Å². The first-order valence-corrected chi connectivity index (χ1v) is 11.6. The van der Waals surface area contributed by atoms with Gasteiger partial charge in [0.15, 0.2) is 5.96 Å². The molecule has 178 valence electrons. The molecule has 0 radical (unpaired) electrons. The lowest BCUT2D eigenvalue weighted by molar-refractivity contribution is 0.124. The van der Waals surface area contributed by atoms with Gasteiger partial charge in [-0.15, -0.1) is 24.0 Å². The molecule has 1 aliphatic rings. The highest BCUT2D eigenvalue weighted by Gasteiger charge is 2.17.